The van der Waals surface area contributed by atoms with E-state index in [1.165, 1.54) is 16.8 Å². The van der Waals surface area contributed by atoms with Crippen LogP contribution < -0.4 is 5.32 Å². The topological polar surface area (TPSA) is 49.6 Å². The number of amides is 1. The first-order chi connectivity index (χ1) is 12.1. The lowest BCUT2D eigenvalue weighted by atomic mass is 9.97. The highest BCUT2D eigenvalue weighted by Crippen LogP contribution is 2.27. The molecule has 0 atom stereocenters. The average Bonchev–Trinajstić information content (AvgIpc) is 2.98. The van der Waals surface area contributed by atoms with Crippen LogP contribution >= 0.6 is 0 Å². The number of anilines is 1. The second-order valence-electron chi connectivity index (χ2n) is 6.71. The van der Waals surface area contributed by atoms with Crippen LogP contribution in [-0.4, -0.2) is 26.7 Å². The molecule has 0 radical (unpaired) electrons. The molecule has 0 saturated heterocycles. The number of aryl methyl sites for hydroxylation is 1. The number of aromatic nitrogens is 2. The van der Waals surface area contributed by atoms with Crippen molar-refractivity contribution in [3.05, 3.63) is 65.1 Å². The monoisotopic (exact) mass is 334 g/mol. The van der Waals surface area contributed by atoms with E-state index in [-0.39, 0.29) is 5.91 Å². The van der Waals surface area contributed by atoms with Gasteiger partial charge in [0, 0.05) is 44.1 Å². The van der Waals surface area contributed by atoms with Crippen LogP contribution in [0, 0.1) is 6.92 Å². The minimum absolute atomic E-state index is 0.0177. The van der Waals surface area contributed by atoms with Gasteiger partial charge in [0.25, 0.3) is 0 Å². The van der Waals surface area contributed by atoms with E-state index < -0.39 is 0 Å². The molecule has 1 amide bonds. The minimum Gasteiger partial charge on any atom is -0.326 e. The summed E-state index contributed by atoms with van der Waals surface area (Å²) in [5.74, 6) is -0.0177. The molecular formula is C20H22N4O. The number of carbonyl (C=O) groups excluding carboxylic acids is 1. The molecule has 4 rings (SSSR count). The van der Waals surface area contributed by atoms with Crippen molar-refractivity contribution in [3.63, 3.8) is 0 Å². The molecular weight excluding hydrogens is 312 g/mol. The van der Waals surface area contributed by atoms with E-state index in [0.29, 0.717) is 0 Å². The second-order valence-corrected chi connectivity index (χ2v) is 6.71. The van der Waals surface area contributed by atoms with E-state index in [1.807, 2.05) is 24.3 Å². The number of nitrogens with zero attached hydrogens (tertiary/aromatic N) is 3. The van der Waals surface area contributed by atoms with Crippen LogP contribution in [0.1, 0.15) is 29.4 Å². The summed E-state index contributed by atoms with van der Waals surface area (Å²) in [4.78, 5) is 18.5. The van der Waals surface area contributed by atoms with Gasteiger partial charge in [0.15, 0.2) is 0 Å². The normalized spacial score (nSPS) is 14.5. The Morgan fingerprint density at radius 2 is 2.08 bits per heavy atom. The predicted octanol–water partition coefficient (Wildman–Crippen LogP) is 3.16. The lowest BCUT2D eigenvalue weighted by molar-refractivity contribution is -0.114. The lowest BCUT2D eigenvalue weighted by Gasteiger charge is -2.29. The second kappa shape index (κ2) is 6.33. The fourth-order valence-corrected chi connectivity index (χ4v) is 3.61. The summed E-state index contributed by atoms with van der Waals surface area (Å²) in [7, 11) is 0. The molecule has 0 saturated carbocycles. The van der Waals surface area contributed by atoms with Crippen LogP contribution in [0.5, 0.6) is 0 Å². The Balaban J connectivity index is 1.54. The average molecular weight is 334 g/mol. The number of benzene rings is 1. The summed E-state index contributed by atoms with van der Waals surface area (Å²) in [6, 6.07) is 12.3. The summed E-state index contributed by atoms with van der Waals surface area (Å²) in [6.45, 7) is 6.34. The SMILES string of the molecule is CC(=O)Nc1cccc2c1CCN(Cc1cn3c(C)cccc3n1)C2. The predicted molar refractivity (Wildman–Crippen MR) is 98.5 cm³/mol. The van der Waals surface area contributed by atoms with Crippen LogP contribution in [0.3, 0.4) is 0 Å². The third kappa shape index (κ3) is 3.15. The number of imidazole rings is 1. The van der Waals surface area contributed by atoms with Crippen LogP contribution in [0.4, 0.5) is 5.69 Å². The highest BCUT2D eigenvalue weighted by molar-refractivity contribution is 5.89. The molecule has 0 unspecified atom stereocenters. The molecule has 3 heterocycles. The summed E-state index contributed by atoms with van der Waals surface area (Å²) < 4.78 is 2.14. The van der Waals surface area contributed by atoms with Crippen molar-refractivity contribution in [2.75, 3.05) is 11.9 Å². The Bertz CT molecular complexity index is 944. The molecule has 5 nitrogen and oxygen atoms in total. The standard InChI is InChI=1S/C20H22N4O/c1-14-5-3-8-20-22-17(13-24(14)20)12-23-10-9-18-16(11-23)6-4-7-19(18)21-15(2)25/h3-8,13H,9-12H2,1-2H3,(H,21,25). The zero-order valence-corrected chi connectivity index (χ0v) is 14.6. The van der Waals surface area contributed by atoms with Crippen molar-refractivity contribution in [1.82, 2.24) is 14.3 Å². The van der Waals surface area contributed by atoms with Crippen molar-refractivity contribution in [2.24, 2.45) is 0 Å². The first-order valence-electron chi connectivity index (χ1n) is 8.64. The van der Waals surface area contributed by atoms with Crippen molar-refractivity contribution >= 4 is 17.2 Å². The van der Waals surface area contributed by atoms with E-state index in [1.54, 1.807) is 6.92 Å². The summed E-state index contributed by atoms with van der Waals surface area (Å²) in [5, 5.41) is 2.95. The molecule has 1 aliphatic heterocycles. The molecule has 0 spiro atoms. The number of hydrogen-bond acceptors (Lipinski definition) is 3. The zero-order chi connectivity index (χ0) is 17.4. The zero-order valence-electron chi connectivity index (χ0n) is 14.6. The highest BCUT2D eigenvalue weighted by Gasteiger charge is 2.20. The summed E-state index contributed by atoms with van der Waals surface area (Å²) >= 11 is 0. The molecule has 0 aliphatic carbocycles. The maximum Gasteiger partial charge on any atom is 0.221 e. The van der Waals surface area contributed by atoms with Gasteiger partial charge in [0.1, 0.15) is 5.65 Å². The lowest BCUT2D eigenvalue weighted by Crippen LogP contribution is -2.30. The van der Waals surface area contributed by atoms with Gasteiger partial charge < -0.3 is 9.72 Å². The van der Waals surface area contributed by atoms with Gasteiger partial charge in [-0.2, -0.15) is 0 Å². The van der Waals surface area contributed by atoms with Crippen LogP contribution in [0.15, 0.2) is 42.6 Å². The Labute approximate surface area is 147 Å². The summed E-state index contributed by atoms with van der Waals surface area (Å²) in [5.41, 5.74) is 6.79. The summed E-state index contributed by atoms with van der Waals surface area (Å²) in [6.07, 6.45) is 3.08. The van der Waals surface area contributed by atoms with Gasteiger partial charge >= 0.3 is 0 Å². The highest BCUT2D eigenvalue weighted by atomic mass is 16.1. The van der Waals surface area contributed by atoms with E-state index in [4.69, 9.17) is 4.98 Å². The molecule has 25 heavy (non-hydrogen) atoms. The molecule has 1 N–H and O–H groups in total. The Kier molecular flexibility index (Phi) is 4.01. The van der Waals surface area contributed by atoms with Gasteiger partial charge in [-0.05, 0) is 42.7 Å². The maximum atomic E-state index is 11.4. The molecule has 3 aromatic rings. The molecule has 2 aromatic heterocycles. The smallest absolute Gasteiger partial charge is 0.221 e. The van der Waals surface area contributed by atoms with E-state index in [2.05, 4.69) is 39.9 Å². The van der Waals surface area contributed by atoms with Gasteiger partial charge in [0.05, 0.1) is 5.69 Å². The number of hydrogen-bond donors (Lipinski definition) is 1. The van der Waals surface area contributed by atoms with E-state index in [0.717, 1.165) is 43.1 Å². The Hall–Kier alpha value is -2.66. The van der Waals surface area contributed by atoms with Crippen LogP contribution in [0.25, 0.3) is 5.65 Å². The van der Waals surface area contributed by atoms with Crippen molar-refractivity contribution < 1.29 is 4.79 Å². The van der Waals surface area contributed by atoms with Gasteiger partial charge in [0.2, 0.25) is 5.91 Å². The van der Waals surface area contributed by atoms with Crippen LogP contribution in [-0.2, 0) is 24.3 Å². The third-order valence-electron chi connectivity index (χ3n) is 4.79. The van der Waals surface area contributed by atoms with Crippen molar-refractivity contribution in [1.29, 1.82) is 0 Å². The fourth-order valence-electron chi connectivity index (χ4n) is 3.61. The molecule has 5 heteroatoms. The van der Waals surface area contributed by atoms with Gasteiger partial charge in [-0.15, -0.1) is 0 Å². The third-order valence-corrected chi connectivity index (χ3v) is 4.79. The van der Waals surface area contributed by atoms with Gasteiger partial charge in [-0.3, -0.25) is 9.69 Å². The largest absolute Gasteiger partial charge is 0.326 e. The van der Waals surface area contributed by atoms with Crippen LogP contribution in [0.2, 0.25) is 0 Å². The molecule has 0 fully saturated rings. The molecule has 1 aromatic carbocycles. The number of fused-ring (bicyclic) bond motifs is 2. The number of carbonyl (C=O) groups is 1. The minimum atomic E-state index is -0.0177. The number of rotatable bonds is 3. The van der Waals surface area contributed by atoms with Crippen molar-refractivity contribution in [2.45, 2.75) is 33.4 Å². The molecule has 1 aliphatic rings. The van der Waals surface area contributed by atoms with Gasteiger partial charge in [-0.25, -0.2) is 4.98 Å². The van der Waals surface area contributed by atoms with E-state index in [9.17, 15) is 4.79 Å². The first-order valence-corrected chi connectivity index (χ1v) is 8.64. The maximum absolute atomic E-state index is 11.4. The van der Waals surface area contributed by atoms with Crippen molar-refractivity contribution in [3.8, 4) is 0 Å². The quantitative estimate of drug-likeness (QED) is 0.800. The molecule has 128 valence electrons. The number of pyridine rings is 1. The molecule has 0 bridgehead atoms. The fraction of sp³-hybridized carbons (Fsp3) is 0.300. The Morgan fingerprint density at radius 3 is 2.88 bits per heavy atom. The van der Waals surface area contributed by atoms with E-state index >= 15 is 0 Å². The first kappa shape index (κ1) is 15.8. The Morgan fingerprint density at radius 1 is 1.24 bits per heavy atom. The van der Waals surface area contributed by atoms with Gasteiger partial charge in [-0.1, -0.05) is 18.2 Å². The number of nitrogens with one attached hydrogen (secondary N) is 1.